The van der Waals surface area contributed by atoms with Crippen molar-refractivity contribution in [3.63, 3.8) is 0 Å². The van der Waals surface area contributed by atoms with E-state index in [-0.39, 0.29) is 16.0 Å². The lowest BCUT2D eigenvalue weighted by atomic mass is 10.2. The number of amides is 2. The van der Waals surface area contributed by atoms with Crippen molar-refractivity contribution in [2.24, 2.45) is 0 Å². The summed E-state index contributed by atoms with van der Waals surface area (Å²) in [6, 6.07) is 12.0. The maximum absolute atomic E-state index is 12.8. The third-order valence-corrected chi connectivity index (χ3v) is 6.56. The first-order chi connectivity index (χ1) is 13.4. The molecule has 0 unspecified atom stereocenters. The van der Waals surface area contributed by atoms with Gasteiger partial charge in [0.1, 0.15) is 0 Å². The van der Waals surface area contributed by atoms with E-state index in [1.165, 1.54) is 34.6 Å². The van der Waals surface area contributed by atoms with Gasteiger partial charge in [0.05, 0.1) is 4.90 Å². The molecule has 1 aliphatic heterocycles. The fourth-order valence-electron chi connectivity index (χ4n) is 2.94. The van der Waals surface area contributed by atoms with Crippen molar-refractivity contribution in [3.05, 3.63) is 64.7 Å². The molecule has 1 saturated heterocycles. The van der Waals surface area contributed by atoms with Gasteiger partial charge >= 0.3 is 0 Å². The van der Waals surface area contributed by atoms with Crippen LogP contribution in [-0.2, 0) is 10.0 Å². The summed E-state index contributed by atoms with van der Waals surface area (Å²) in [5.41, 5.74) is 4.99. The number of carbonyl (C=O) groups is 2. The Morgan fingerprint density at radius 3 is 2.04 bits per heavy atom. The molecule has 1 fully saturated rings. The van der Waals surface area contributed by atoms with E-state index < -0.39 is 21.8 Å². The quantitative estimate of drug-likeness (QED) is 0.741. The van der Waals surface area contributed by atoms with Crippen LogP contribution in [0.3, 0.4) is 0 Å². The first-order valence-electron chi connectivity index (χ1n) is 8.84. The van der Waals surface area contributed by atoms with Crippen LogP contribution in [-0.4, -0.2) is 37.6 Å². The number of nitrogens with one attached hydrogen (secondary N) is 2. The van der Waals surface area contributed by atoms with Crippen molar-refractivity contribution in [1.29, 1.82) is 0 Å². The van der Waals surface area contributed by atoms with Crippen LogP contribution in [0, 0.1) is 0 Å². The number of sulfonamides is 1. The molecule has 0 atom stereocenters. The first-order valence-corrected chi connectivity index (χ1v) is 10.7. The monoisotopic (exact) mass is 421 g/mol. The summed E-state index contributed by atoms with van der Waals surface area (Å²) in [6.45, 7) is 0.961. The minimum atomic E-state index is -3.65. The smallest absolute Gasteiger partial charge is 0.267 e. The minimum Gasteiger partial charge on any atom is -0.267 e. The van der Waals surface area contributed by atoms with Gasteiger partial charge in [0.15, 0.2) is 0 Å². The van der Waals surface area contributed by atoms with Crippen molar-refractivity contribution in [1.82, 2.24) is 15.2 Å². The third kappa shape index (κ3) is 4.70. The molecule has 3 rings (SSSR count). The Bertz CT molecular complexity index is 988. The van der Waals surface area contributed by atoms with Gasteiger partial charge in [0, 0.05) is 29.2 Å². The maximum Gasteiger partial charge on any atom is 0.269 e. The number of hydrazine groups is 1. The van der Waals surface area contributed by atoms with Gasteiger partial charge in [-0.2, -0.15) is 4.31 Å². The average molecular weight is 422 g/mol. The summed E-state index contributed by atoms with van der Waals surface area (Å²) >= 11 is 5.84. The highest BCUT2D eigenvalue weighted by Gasteiger charge is 2.26. The van der Waals surface area contributed by atoms with Crippen molar-refractivity contribution in [3.8, 4) is 0 Å². The van der Waals surface area contributed by atoms with E-state index in [0.29, 0.717) is 18.1 Å². The van der Waals surface area contributed by atoms with E-state index in [2.05, 4.69) is 10.9 Å². The third-order valence-electron chi connectivity index (χ3n) is 4.43. The molecule has 0 aromatic heterocycles. The second-order valence-electron chi connectivity index (χ2n) is 6.41. The minimum absolute atomic E-state index is 0.0585. The van der Waals surface area contributed by atoms with Crippen molar-refractivity contribution < 1.29 is 18.0 Å². The number of benzene rings is 2. The summed E-state index contributed by atoms with van der Waals surface area (Å²) in [6.07, 6.45) is 2.67. The number of piperidine rings is 1. The van der Waals surface area contributed by atoms with E-state index in [1.807, 2.05) is 0 Å². The molecule has 0 saturated carbocycles. The molecule has 28 heavy (non-hydrogen) atoms. The zero-order valence-electron chi connectivity index (χ0n) is 15.0. The molecule has 0 radical (unpaired) electrons. The second kappa shape index (κ2) is 8.72. The second-order valence-corrected chi connectivity index (χ2v) is 8.79. The van der Waals surface area contributed by atoms with E-state index in [0.717, 1.165) is 19.3 Å². The fourth-order valence-corrected chi connectivity index (χ4v) is 4.69. The van der Waals surface area contributed by atoms with Gasteiger partial charge in [-0.3, -0.25) is 20.4 Å². The Balaban J connectivity index is 1.69. The van der Waals surface area contributed by atoms with Crippen LogP contribution < -0.4 is 10.9 Å². The van der Waals surface area contributed by atoms with Gasteiger partial charge in [0.2, 0.25) is 10.0 Å². The van der Waals surface area contributed by atoms with Crippen LogP contribution in [0.1, 0.15) is 40.0 Å². The topological polar surface area (TPSA) is 95.6 Å². The van der Waals surface area contributed by atoms with Gasteiger partial charge < -0.3 is 0 Å². The molecule has 0 bridgehead atoms. The van der Waals surface area contributed by atoms with E-state index in [4.69, 9.17) is 11.6 Å². The molecular weight excluding hydrogens is 402 g/mol. The Labute approximate surface area is 168 Å². The lowest BCUT2D eigenvalue weighted by Gasteiger charge is -2.26. The Hall–Kier alpha value is -2.42. The predicted molar refractivity (Wildman–Crippen MR) is 105 cm³/mol. The number of hydrogen-bond acceptors (Lipinski definition) is 4. The Kier molecular flexibility index (Phi) is 6.33. The number of rotatable bonds is 4. The van der Waals surface area contributed by atoms with E-state index in [1.54, 1.807) is 18.2 Å². The molecule has 2 amide bonds. The highest BCUT2D eigenvalue weighted by Crippen LogP contribution is 2.21. The van der Waals surface area contributed by atoms with Crippen molar-refractivity contribution >= 4 is 33.4 Å². The van der Waals surface area contributed by atoms with Crippen LogP contribution in [0.15, 0.2) is 53.4 Å². The van der Waals surface area contributed by atoms with E-state index >= 15 is 0 Å². The standard InChI is InChI=1S/C19H20ClN3O4S/c20-16-8-4-6-14(12-16)18(24)21-22-19(25)15-7-5-9-17(13-15)28(26,27)23-10-2-1-3-11-23/h4-9,12-13H,1-3,10-11H2,(H,21,24)(H,22,25). The van der Waals surface area contributed by atoms with Gasteiger partial charge in [-0.05, 0) is 49.2 Å². The molecule has 2 N–H and O–H groups in total. The lowest BCUT2D eigenvalue weighted by Crippen LogP contribution is -2.41. The Morgan fingerprint density at radius 1 is 0.857 bits per heavy atom. The normalized spacial score (nSPS) is 15.0. The van der Waals surface area contributed by atoms with Gasteiger partial charge in [0.25, 0.3) is 11.8 Å². The zero-order valence-corrected chi connectivity index (χ0v) is 16.6. The summed E-state index contributed by atoms with van der Waals surface area (Å²) in [7, 11) is -3.65. The molecule has 9 heteroatoms. The van der Waals surface area contributed by atoms with Crippen molar-refractivity contribution in [2.75, 3.05) is 13.1 Å². The highest BCUT2D eigenvalue weighted by molar-refractivity contribution is 7.89. The van der Waals surface area contributed by atoms with E-state index in [9.17, 15) is 18.0 Å². The SMILES string of the molecule is O=C(NNC(=O)c1cccc(S(=O)(=O)N2CCCCC2)c1)c1cccc(Cl)c1. The van der Waals surface area contributed by atoms with Crippen LogP contribution >= 0.6 is 11.6 Å². The number of carbonyl (C=O) groups excluding carboxylic acids is 2. The van der Waals surface area contributed by atoms with Crippen molar-refractivity contribution in [2.45, 2.75) is 24.2 Å². The largest absolute Gasteiger partial charge is 0.269 e. The zero-order chi connectivity index (χ0) is 20.1. The Morgan fingerprint density at radius 2 is 1.43 bits per heavy atom. The molecular formula is C19H20ClN3O4S. The molecule has 2 aromatic carbocycles. The first kappa shape index (κ1) is 20.3. The van der Waals surface area contributed by atoms with Crippen LogP contribution in [0.25, 0.3) is 0 Å². The molecule has 0 aliphatic carbocycles. The molecule has 148 valence electrons. The van der Waals surface area contributed by atoms with Crippen LogP contribution in [0.5, 0.6) is 0 Å². The van der Waals surface area contributed by atoms with Gasteiger partial charge in [-0.25, -0.2) is 8.42 Å². The summed E-state index contributed by atoms with van der Waals surface area (Å²) in [5.74, 6) is -1.15. The number of nitrogens with zero attached hydrogens (tertiary/aromatic N) is 1. The maximum atomic E-state index is 12.8. The predicted octanol–water partition coefficient (Wildman–Crippen LogP) is 2.59. The summed E-state index contributed by atoms with van der Waals surface area (Å²) < 4.78 is 27.0. The van der Waals surface area contributed by atoms with Crippen LogP contribution in [0.4, 0.5) is 0 Å². The lowest BCUT2D eigenvalue weighted by molar-refractivity contribution is 0.0846. The van der Waals surface area contributed by atoms with Crippen LogP contribution in [0.2, 0.25) is 5.02 Å². The molecule has 1 aliphatic rings. The number of hydrogen-bond donors (Lipinski definition) is 2. The molecule has 7 nitrogen and oxygen atoms in total. The molecule has 2 aromatic rings. The summed E-state index contributed by atoms with van der Waals surface area (Å²) in [5, 5.41) is 0.398. The molecule has 1 heterocycles. The highest BCUT2D eigenvalue weighted by atomic mass is 35.5. The van der Waals surface area contributed by atoms with Gasteiger partial charge in [-0.1, -0.05) is 30.2 Å². The average Bonchev–Trinajstić information content (AvgIpc) is 2.72. The fraction of sp³-hybridized carbons (Fsp3) is 0.263. The number of halogens is 1. The summed E-state index contributed by atoms with van der Waals surface area (Å²) in [4.78, 5) is 24.5. The molecule has 0 spiro atoms. The van der Waals surface area contributed by atoms with Gasteiger partial charge in [-0.15, -0.1) is 0 Å².